The molecule has 2 N–H and O–H groups in total. The average molecular weight is 404 g/mol. The smallest absolute Gasteiger partial charge is 0.162 e. The van der Waals surface area contributed by atoms with Crippen molar-refractivity contribution in [3.8, 4) is 0 Å². The lowest BCUT2D eigenvalue weighted by Crippen LogP contribution is -2.42. The Bertz CT molecular complexity index is 768. The number of Topliss-reactive ketones (excluding diaryl/α,β-unsaturated/α-hetero) is 1. The number of benzene rings is 2. The Morgan fingerprint density at radius 3 is 2.36 bits per heavy atom. The fourth-order valence-corrected chi connectivity index (χ4v) is 4.18. The second-order valence-electron chi connectivity index (χ2n) is 7.71. The number of carbonyl (C=O) groups is 1. The number of ketones is 1. The Labute approximate surface area is 170 Å². The molecule has 5 heteroatoms. The van der Waals surface area contributed by atoms with E-state index in [1.54, 1.807) is 0 Å². The number of hydrogen-bond acceptors (Lipinski definition) is 3. The molecule has 0 bridgehead atoms. The summed E-state index contributed by atoms with van der Waals surface area (Å²) in [4.78, 5) is 12.1. The highest BCUT2D eigenvalue weighted by atomic mass is 35.5. The van der Waals surface area contributed by atoms with E-state index < -0.39 is 0 Å². The number of carbonyl (C=O) groups excluding carboxylic acids is 1. The van der Waals surface area contributed by atoms with E-state index in [4.69, 9.17) is 11.6 Å². The van der Waals surface area contributed by atoms with Crippen molar-refractivity contribution in [3.05, 3.63) is 70.5 Å². The lowest BCUT2D eigenvalue weighted by molar-refractivity contribution is 0.0978. The summed E-state index contributed by atoms with van der Waals surface area (Å²) >= 11 is 5.99. The molecule has 2 aromatic carbocycles. The normalized spacial score (nSPS) is 22.2. The van der Waals surface area contributed by atoms with Gasteiger partial charge in [0.25, 0.3) is 0 Å². The molecule has 1 saturated carbocycles. The third-order valence-corrected chi connectivity index (χ3v) is 6.13. The molecule has 1 aliphatic carbocycles. The van der Waals surface area contributed by atoms with E-state index in [9.17, 15) is 14.3 Å². The summed E-state index contributed by atoms with van der Waals surface area (Å²) in [6.07, 6.45) is 5.06. The minimum Gasteiger partial charge on any atom is -0.395 e. The van der Waals surface area contributed by atoms with Gasteiger partial charge >= 0.3 is 0 Å². The first-order valence-corrected chi connectivity index (χ1v) is 10.3. The molecule has 0 radical (unpaired) electrons. The molecule has 1 fully saturated rings. The number of rotatable bonds is 8. The predicted molar refractivity (Wildman–Crippen MR) is 110 cm³/mol. The van der Waals surface area contributed by atoms with E-state index in [0.29, 0.717) is 23.0 Å². The average Bonchev–Trinajstić information content (AvgIpc) is 2.72. The summed E-state index contributed by atoms with van der Waals surface area (Å²) in [5, 5.41) is 14.3. The van der Waals surface area contributed by atoms with Gasteiger partial charge < -0.3 is 10.4 Å². The summed E-state index contributed by atoms with van der Waals surface area (Å²) in [5.74, 6) is -0.277. The van der Waals surface area contributed by atoms with Crippen molar-refractivity contribution >= 4 is 17.4 Å². The van der Waals surface area contributed by atoms with Crippen molar-refractivity contribution in [1.82, 2.24) is 5.32 Å². The van der Waals surface area contributed by atoms with Crippen LogP contribution < -0.4 is 5.32 Å². The van der Waals surface area contributed by atoms with Gasteiger partial charge in [-0.15, -0.1) is 0 Å². The highest BCUT2D eigenvalue weighted by molar-refractivity contribution is 6.30. The summed E-state index contributed by atoms with van der Waals surface area (Å²) in [7, 11) is 0. The molecule has 3 rings (SSSR count). The topological polar surface area (TPSA) is 49.3 Å². The van der Waals surface area contributed by atoms with E-state index >= 15 is 0 Å². The van der Waals surface area contributed by atoms with Gasteiger partial charge in [-0.3, -0.25) is 4.79 Å². The van der Waals surface area contributed by atoms with Crippen molar-refractivity contribution in [1.29, 1.82) is 0 Å². The Hall–Kier alpha value is -1.75. The molecule has 0 aliphatic heterocycles. The molecule has 0 aromatic heterocycles. The monoisotopic (exact) mass is 403 g/mol. The second-order valence-corrected chi connectivity index (χ2v) is 8.14. The van der Waals surface area contributed by atoms with E-state index in [-0.39, 0.29) is 23.6 Å². The maximum Gasteiger partial charge on any atom is 0.162 e. The molecule has 0 amide bonds. The largest absolute Gasteiger partial charge is 0.395 e. The van der Waals surface area contributed by atoms with Gasteiger partial charge in [0.05, 0.1) is 6.61 Å². The van der Waals surface area contributed by atoms with Crippen LogP contribution >= 0.6 is 11.6 Å². The van der Waals surface area contributed by atoms with Gasteiger partial charge in [0.15, 0.2) is 5.78 Å². The van der Waals surface area contributed by atoms with Crippen LogP contribution in [0.2, 0.25) is 5.02 Å². The SMILES string of the molecule is O=C(CCCNC1CCC(CO)(c2ccc(Cl)cc2)CC1)c1ccc(F)cc1. The van der Waals surface area contributed by atoms with E-state index in [2.05, 4.69) is 5.32 Å². The van der Waals surface area contributed by atoms with Crippen molar-refractivity contribution < 1.29 is 14.3 Å². The standard InChI is InChI=1S/C23H27ClFNO2/c24-19-7-5-18(6-8-19)23(16-27)13-11-21(12-14-23)26-15-1-2-22(28)17-3-9-20(25)10-4-17/h3-10,21,26-27H,1-2,11-16H2. The molecule has 0 unspecified atom stereocenters. The minimum absolute atomic E-state index is 0.0486. The molecular weight excluding hydrogens is 377 g/mol. The van der Waals surface area contributed by atoms with Gasteiger partial charge in [-0.05, 0) is 80.6 Å². The zero-order chi connectivity index (χ0) is 20.0. The number of halogens is 2. The van der Waals surface area contributed by atoms with Crippen molar-refractivity contribution in [2.24, 2.45) is 0 Å². The van der Waals surface area contributed by atoms with Crippen LogP contribution in [-0.2, 0) is 5.41 Å². The first-order valence-electron chi connectivity index (χ1n) is 9.91. The molecule has 150 valence electrons. The quantitative estimate of drug-likeness (QED) is 0.486. The highest BCUT2D eigenvalue weighted by Gasteiger charge is 2.36. The Morgan fingerprint density at radius 1 is 1.11 bits per heavy atom. The Balaban J connectivity index is 1.42. The van der Waals surface area contributed by atoms with Crippen LogP contribution in [-0.4, -0.2) is 30.1 Å². The minimum atomic E-state index is -0.326. The number of aliphatic hydroxyl groups is 1. The first kappa shape index (κ1) is 21.0. The van der Waals surface area contributed by atoms with Gasteiger partial charge in [-0.2, -0.15) is 0 Å². The van der Waals surface area contributed by atoms with Gasteiger partial charge in [-0.25, -0.2) is 4.39 Å². The molecular formula is C23H27ClFNO2. The molecule has 1 aliphatic rings. The van der Waals surface area contributed by atoms with Crippen LogP contribution in [0.15, 0.2) is 48.5 Å². The molecule has 0 spiro atoms. The number of nitrogens with one attached hydrogen (secondary N) is 1. The number of hydrogen-bond donors (Lipinski definition) is 2. The summed E-state index contributed by atoms with van der Waals surface area (Å²) in [5.41, 5.74) is 1.54. The van der Waals surface area contributed by atoms with E-state index in [1.807, 2.05) is 24.3 Å². The van der Waals surface area contributed by atoms with E-state index in [1.165, 1.54) is 24.3 Å². The lowest BCUT2D eigenvalue weighted by Gasteiger charge is -2.39. The molecule has 0 heterocycles. The zero-order valence-electron chi connectivity index (χ0n) is 16.0. The van der Waals surface area contributed by atoms with Gasteiger partial charge in [0, 0.05) is 28.5 Å². The van der Waals surface area contributed by atoms with Crippen LogP contribution in [0.5, 0.6) is 0 Å². The predicted octanol–water partition coefficient (Wildman–Crippen LogP) is 4.90. The Morgan fingerprint density at radius 2 is 1.75 bits per heavy atom. The molecule has 3 nitrogen and oxygen atoms in total. The third-order valence-electron chi connectivity index (χ3n) is 5.88. The summed E-state index contributed by atoms with van der Waals surface area (Å²) in [6, 6.07) is 13.9. The molecule has 28 heavy (non-hydrogen) atoms. The highest BCUT2D eigenvalue weighted by Crippen LogP contribution is 2.39. The molecule has 2 aromatic rings. The third kappa shape index (κ3) is 5.19. The van der Waals surface area contributed by atoms with Crippen LogP contribution in [0.1, 0.15) is 54.4 Å². The van der Waals surface area contributed by atoms with Crippen LogP contribution in [0.3, 0.4) is 0 Å². The maximum atomic E-state index is 12.9. The summed E-state index contributed by atoms with van der Waals surface area (Å²) in [6.45, 7) is 0.929. The number of aliphatic hydroxyl groups excluding tert-OH is 1. The van der Waals surface area contributed by atoms with Gasteiger partial charge in [-0.1, -0.05) is 23.7 Å². The van der Waals surface area contributed by atoms with Crippen molar-refractivity contribution in [2.45, 2.75) is 50.0 Å². The first-order chi connectivity index (χ1) is 13.5. The van der Waals surface area contributed by atoms with Gasteiger partial charge in [0.1, 0.15) is 5.82 Å². The summed E-state index contributed by atoms with van der Waals surface area (Å²) < 4.78 is 12.9. The van der Waals surface area contributed by atoms with Crippen LogP contribution in [0.4, 0.5) is 4.39 Å². The maximum absolute atomic E-state index is 12.9. The van der Waals surface area contributed by atoms with Gasteiger partial charge in [0.2, 0.25) is 0 Å². The Kier molecular flexibility index (Phi) is 7.22. The fourth-order valence-electron chi connectivity index (χ4n) is 4.05. The fraction of sp³-hybridized carbons (Fsp3) is 0.435. The molecule has 0 atom stereocenters. The lowest BCUT2D eigenvalue weighted by atomic mass is 9.68. The molecule has 0 saturated heterocycles. The van der Waals surface area contributed by atoms with Crippen molar-refractivity contribution in [2.75, 3.05) is 13.2 Å². The van der Waals surface area contributed by atoms with E-state index in [0.717, 1.165) is 44.2 Å². The van der Waals surface area contributed by atoms with Crippen LogP contribution in [0, 0.1) is 5.82 Å². The zero-order valence-corrected chi connectivity index (χ0v) is 16.7. The second kappa shape index (κ2) is 9.64. The van der Waals surface area contributed by atoms with Crippen molar-refractivity contribution in [3.63, 3.8) is 0 Å². The van der Waals surface area contributed by atoms with Crippen LogP contribution in [0.25, 0.3) is 0 Å².